The summed E-state index contributed by atoms with van der Waals surface area (Å²) in [6.07, 6.45) is 1.68. The molecular formula is C10H20FNO3. The fourth-order valence-electron chi connectivity index (χ4n) is 1.12. The van der Waals surface area contributed by atoms with Crippen molar-refractivity contribution in [3.05, 3.63) is 0 Å². The smallest absolute Gasteiger partial charge is 0.293 e. The Hall–Kier alpha value is -0.680. The molecular weight excluding hydrogens is 201 g/mol. The quantitative estimate of drug-likeness (QED) is 0.564. The average molecular weight is 221 g/mol. The zero-order valence-corrected chi connectivity index (χ0v) is 9.57. The first kappa shape index (κ1) is 14.3. The number of hydrogen-bond donors (Lipinski definition) is 1. The van der Waals surface area contributed by atoms with E-state index in [-0.39, 0.29) is 18.2 Å². The second-order valence-corrected chi connectivity index (χ2v) is 4.43. The molecule has 15 heavy (non-hydrogen) atoms. The molecule has 0 aromatic heterocycles. The summed E-state index contributed by atoms with van der Waals surface area (Å²) in [6.45, 7) is 6.37. The first-order chi connectivity index (χ1) is 6.90. The fourth-order valence-corrected chi connectivity index (χ4v) is 1.12. The van der Waals surface area contributed by atoms with E-state index in [4.69, 9.17) is 5.11 Å². The summed E-state index contributed by atoms with van der Waals surface area (Å²) in [6, 6.07) is -0.213. The molecule has 1 unspecified atom stereocenters. The van der Waals surface area contributed by atoms with Gasteiger partial charge in [0.2, 0.25) is 0 Å². The summed E-state index contributed by atoms with van der Waals surface area (Å²) in [7, 11) is 0. The Morgan fingerprint density at radius 1 is 1.60 bits per heavy atom. The van der Waals surface area contributed by atoms with Gasteiger partial charge in [-0.05, 0) is 33.6 Å². The van der Waals surface area contributed by atoms with Crippen molar-refractivity contribution in [2.75, 3.05) is 13.2 Å². The van der Waals surface area contributed by atoms with Crippen LogP contribution < -0.4 is 0 Å². The van der Waals surface area contributed by atoms with Crippen LogP contribution in [0, 0.1) is 0 Å². The highest BCUT2D eigenvalue weighted by molar-refractivity contribution is 5.37. The summed E-state index contributed by atoms with van der Waals surface area (Å²) >= 11 is 0. The van der Waals surface area contributed by atoms with E-state index in [9.17, 15) is 9.28 Å². The Labute approximate surface area is 90.0 Å². The van der Waals surface area contributed by atoms with Crippen LogP contribution in [0.25, 0.3) is 0 Å². The average Bonchev–Trinajstić information content (AvgIpc) is 2.49. The van der Waals surface area contributed by atoms with Gasteiger partial charge in [-0.1, -0.05) is 0 Å². The number of rotatable bonds is 2. The molecule has 4 nitrogen and oxygen atoms in total. The highest BCUT2D eigenvalue weighted by atomic mass is 19.2. The number of carbonyl (C=O) groups is 1. The lowest BCUT2D eigenvalue weighted by Gasteiger charge is -2.14. The summed E-state index contributed by atoms with van der Waals surface area (Å²) in [5, 5.41) is 9.16. The Bertz CT molecular complexity index is 182. The van der Waals surface area contributed by atoms with Gasteiger partial charge in [-0.3, -0.25) is 4.79 Å². The molecule has 90 valence electrons. The summed E-state index contributed by atoms with van der Waals surface area (Å²) in [4.78, 5) is 9.60. The van der Waals surface area contributed by atoms with E-state index in [0.29, 0.717) is 18.1 Å². The second-order valence-electron chi connectivity index (χ2n) is 4.43. The van der Waals surface area contributed by atoms with E-state index in [1.165, 1.54) is 0 Å². The SMILES string of the molecule is CC(C)(C)OC=O.OCC1CCCN1F. The van der Waals surface area contributed by atoms with Crippen molar-refractivity contribution < 1.29 is 19.1 Å². The number of nitrogens with zero attached hydrogens (tertiary/aromatic N) is 1. The topological polar surface area (TPSA) is 49.8 Å². The van der Waals surface area contributed by atoms with Gasteiger partial charge in [-0.15, -0.1) is 9.60 Å². The van der Waals surface area contributed by atoms with Crippen LogP contribution in [0.2, 0.25) is 0 Å². The van der Waals surface area contributed by atoms with Crippen molar-refractivity contribution in [3.8, 4) is 0 Å². The predicted molar refractivity (Wildman–Crippen MR) is 54.8 cm³/mol. The van der Waals surface area contributed by atoms with Gasteiger partial charge < -0.3 is 9.84 Å². The normalized spacial score (nSPS) is 21.8. The maximum Gasteiger partial charge on any atom is 0.293 e. The maximum atomic E-state index is 12.3. The Morgan fingerprint density at radius 2 is 2.20 bits per heavy atom. The number of hydrogen-bond acceptors (Lipinski definition) is 4. The third-order valence-corrected chi connectivity index (χ3v) is 1.92. The summed E-state index contributed by atoms with van der Waals surface area (Å²) in [5.41, 5.74) is -0.318. The molecule has 0 radical (unpaired) electrons. The van der Waals surface area contributed by atoms with Crippen LogP contribution in [0.1, 0.15) is 33.6 Å². The molecule has 5 heteroatoms. The van der Waals surface area contributed by atoms with E-state index < -0.39 is 0 Å². The minimum absolute atomic E-state index is 0.0451. The largest absolute Gasteiger partial charge is 0.462 e. The van der Waals surface area contributed by atoms with Crippen LogP contribution >= 0.6 is 0 Å². The van der Waals surface area contributed by atoms with Gasteiger partial charge in [-0.25, -0.2) is 0 Å². The molecule has 0 amide bonds. The number of aliphatic hydroxyl groups is 1. The summed E-state index contributed by atoms with van der Waals surface area (Å²) < 4.78 is 16.8. The lowest BCUT2D eigenvalue weighted by molar-refractivity contribution is -0.138. The van der Waals surface area contributed by atoms with Crippen LogP contribution in [-0.2, 0) is 9.53 Å². The third kappa shape index (κ3) is 7.27. The first-order valence-electron chi connectivity index (χ1n) is 5.05. The van der Waals surface area contributed by atoms with Gasteiger partial charge in [0.25, 0.3) is 6.47 Å². The molecule has 0 saturated carbocycles. The van der Waals surface area contributed by atoms with E-state index in [1.807, 2.05) is 20.8 Å². The monoisotopic (exact) mass is 221 g/mol. The van der Waals surface area contributed by atoms with Crippen LogP contribution in [0.15, 0.2) is 0 Å². The standard InChI is InChI=1S/C5H10FNO.C5H10O2/c6-7-3-1-2-5(7)4-8;1-5(2,3)7-4-6/h5,8H,1-4H2;4H,1-3H3. The molecule has 0 aromatic rings. The van der Waals surface area contributed by atoms with Crippen molar-refractivity contribution in [3.63, 3.8) is 0 Å². The molecule has 1 aliphatic heterocycles. The minimum atomic E-state index is -0.318. The molecule has 0 spiro atoms. The second kappa shape index (κ2) is 6.74. The summed E-state index contributed by atoms with van der Waals surface area (Å²) in [5.74, 6) is 0. The van der Waals surface area contributed by atoms with Crippen LogP contribution in [0.5, 0.6) is 0 Å². The number of halogens is 1. The zero-order valence-electron chi connectivity index (χ0n) is 9.57. The molecule has 0 aliphatic carbocycles. The van der Waals surface area contributed by atoms with Gasteiger partial charge in [0.15, 0.2) is 0 Å². The van der Waals surface area contributed by atoms with Crippen molar-refractivity contribution in [2.45, 2.75) is 45.3 Å². The van der Waals surface area contributed by atoms with Gasteiger partial charge in [-0.2, -0.15) is 0 Å². The predicted octanol–water partition coefficient (Wildman–Crippen LogP) is 1.29. The molecule has 1 aliphatic rings. The molecule has 0 aromatic carbocycles. The molecule has 1 saturated heterocycles. The highest BCUT2D eigenvalue weighted by Gasteiger charge is 2.22. The highest BCUT2D eigenvalue weighted by Crippen LogP contribution is 2.15. The van der Waals surface area contributed by atoms with E-state index in [1.54, 1.807) is 0 Å². The Morgan fingerprint density at radius 3 is 2.33 bits per heavy atom. The Balaban J connectivity index is 0.000000265. The van der Waals surface area contributed by atoms with Gasteiger partial charge in [0, 0.05) is 6.54 Å². The van der Waals surface area contributed by atoms with E-state index >= 15 is 0 Å². The number of aliphatic hydroxyl groups excluding tert-OH is 1. The lowest BCUT2D eigenvalue weighted by Crippen LogP contribution is -2.24. The minimum Gasteiger partial charge on any atom is -0.462 e. The van der Waals surface area contributed by atoms with Crippen molar-refractivity contribution in [1.82, 2.24) is 5.12 Å². The lowest BCUT2D eigenvalue weighted by atomic mass is 10.2. The van der Waals surface area contributed by atoms with Crippen molar-refractivity contribution >= 4 is 6.47 Å². The van der Waals surface area contributed by atoms with Crippen LogP contribution in [0.4, 0.5) is 4.48 Å². The maximum absolute atomic E-state index is 12.3. The van der Waals surface area contributed by atoms with Gasteiger partial charge >= 0.3 is 0 Å². The molecule has 0 bridgehead atoms. The van der Waals surface area contributed by atoms with Gasteiger partial charge in [0.1, 0.15) is 5.60 Å². The number of carbonyl (C=O) groups excluding carboxylic acids is 1. The third-order valence-electron chi connectivity index (χ3n) is 1.92. The van der Waals surface area contributed by atoms with E-state index in [2.05, 4.69) is 4.74 Å². The van der Waals surface area contributed by atoms with E-state index in [0.717, 1.165) is 12.8 Å². The zero-order chi connectivity index (χ0) is 11.9. The first-order valence-corrected chi connectivity index (χ1v) is 5.05. The fraction of sp³-hybridized carbons (Fsp3) is 0.900. The van der Waals surface area contributed by atoms with Crippen LogP contribution in [0.3, 0.4) is 0 Å². The van der Waals surface area contributed by atoms with Crippen molar-refractivity contribution in [1.29, 1.82) is 0 Å². The van der Waals surface area contributed by atoms with Crippen LogP contribution in [-0.4, -0.2) is 41.5 Å². The number of ether oxygens (including phenoxy) is 1. The molecule has 1 heterocycles. The Kier molecular flexibility index (Phi) is 6.43. The van der Waals surface area contributed by atoms with Gasteiger partial charge in [0.05, 0.1) is 12.6 Å². The molecule has 1 N–H and O–H groups in total. The van der Waals surface area contributed by atoms with Crippen molar-refractivity contribution in [2.24, 2.45) is 0 Å². The molecule has 1 rings (SSSR count). The molecule has 1 atom stereocenters. The molecule has 1 fully saturated rings.